The number of hydrogen-bond donors (Lipinski definition) is 0. The van der Waals surface area contributed by atoms with Crippen LogP contribution in [0, 0.1) is 0 Å². The molecule has 0 saturated carbocycles. The molecule has 2 aromatic heterocycles. The first-order valence-electron chi connectivity index (χ1n) is 6.72. The number of benzene rings is 1. The molecule has 0 N–H and O–H groups in total. The van der Waals surface area contributed by atoms with Crippen molar-refractivity contribution in [2.45, 2.75) is 0 Å². The Bertz CT molecular complexity index is 766. The third-order valence-electron chi connectivity index (χ3n) is 3.28. The summed E-state index contributed by atoms with van der Waals surface area (Å²) in [4.78, 5) is 18.4. The van der Waals surface area contributed by atoms with Gasteiger partial charge >= 0.3 is 0 Å². The van der Waals surface area contributed by atoms with Crippen LogP contribution in [-0.4, -0.2) is 34.9 Å². The summed E-state index contributed by atoms with van der Waals surface area (Å²) in [6.07, 6.45) is 1.74. The minimum atomic E-state index is -0.229. The molecule has 0 atom stereocenters. The number of nitrogens with zero attached hydrogens (tertiary/aromatic N) is 3. The predicted molar refractivity (Wildman–Crippen MR) is 86.0 cm³/mol. The third kappa shape index (κ3) is 2.66. The molecular weight excluding hydrogens is 298 g/mol. The summed E-state index contributed by atoms with van der Waals surface area (Å²) in [5.74, 6) is -0.229. The highest BCUT2D eigenvalue weighted by molar-refractivity contribution is 7.13. The number of rotatable bonds is 4. The summed E-state index contributed by atoms with van der Waals surface area (Å²) in [6.45, 7) is 0. The van der Waals surface area contributed by atoms with Crippen molar-refractivity contribution in [3.8, 4) is 16.3 Å². The molecule has 0 bridgehead atoms. The van der Waals surface area contributed by atoms with E-state index in [1.807, 2.05) is 47.8 Å². The number of carbonyl (C=O) groups is 1. The van der Waals surface area contributed by atoms with Crippen LogP contribution in [0.25, 0.3) is 16.3 Å². The van der Waals surface area contributed by atoms with Gasteiger partial charge in [0.05, 0.1) is 23.2 Å². The zero-order chi connectivity index (χ0) is 15.5. The summed E-state index contributed by atoms with van der Waals surface area (Å²) in [7, 11) is 3.05. The molecule has 0 saturated heterocycles. The van der Waals surface area contributed by atoms with Crippen LogP contribution >= 0.6 is 11.3 Å². The van der Waals surface area contributed by atoms with E-state index in [0.717, 1.165) is 10.6 Å². The fourth-order valence-electron chi connectivity index (χ4n) is 2.09. The molecule has 0 aliphatic carbocycles. The van der Waals surface area contributed by atoms with E-state index < -0.39 is 0 Å². The number of thiophene rings is 1. The molecule has 0 aliphatic heterocycles. The lowest BCUT2D eigenvalue weighted by Gasteiger charge is -2.12. The Hall–Kier alpha value is -2.44. The maximum Gasteiger partial charge on any atom is 0.281 e. The van der Waals surface area contributed by atoms with E-state index in [-0.39, 0.29) is 5.91 Å². The topological polar surface area (TPSA) is 47.4 Å². The molecule has 5 nitrogen and oxygen atoms in total. The Morgan fingerprint density at radius 1 is 1.23 bits per heavy atom. The zero-order valence-corrected chi connectivity index (χ0v) is 13.1. The van der Waals surface area contributed by atoms with Gasteiger partial charge in [-0.25, -0.2) is 9.75 Å². The van der Waals surface area contributed by atoms with E-state index in [1.165, 1.54) is 12.2 Å². The third-order valence-corrected chi connectivity index (χ3v) is 4.16. The summed E-state index contributed by atoms with van der Waals surface area (Å²) in [5, 5.41) is 7.75. The number of hydrogen-bond acceptors (Lipinski definition) is 4. The monoisotopic (exact) mass is 313 g/mol. The predicted octanol–water partition coefficient (Wildman–Crippen LogP) is 3.23. The summed E-state index contributed by atoms with van der Waals surface area (Å²) in [5.41, 5.74) is 2.07. The van der Waals surface area contributed by atoms with Gasteiger partial charge in [-0.2, -0.15) is 5.10 Å². The maximum absolute atomic E-state index is 12.5. The smallest absolute Gasteiger partial charge is 0.274 e. The van der Waals surface area contributed by atoms with E-state index in [2.05, 4.69) is 5.10 Å². The van der Waals surface area contributed by atoms with Gasteiger partial charge < -0.3 is 0 Å². The largest absolute Gasteiger partial charge is 0.281 e. The number of aromatic nitrogens is 2. The van der Waals surface area contributed by atoms with E-state index >= 15 is 0 Å². The summed E-state index contributed by atoms with van der Waals surface area (Å²) in [6, 6.07) is 13.6. The van der Waals surface area contributed by atoms with Crippen molar-refractivity contribution < 1.29 is 9.63 Å². The first-order valence-corrected chi connectivity index (χ1v) is 7.60. The lowest BCUT2D eigenvalue weighted by molar-refractivity contribution is -0.0756. The number of para-hydroxylation sites is 1. The lowest BCUT2D eigenvalue weighted by Crippen LogP contribution is -2.25. The lowest BCUT2D eigenvalue weighted by atomic mass is 10.2. The molecule has 0 fully saturated rings. The van der Waals surface area contributed by atoms with Crippen LogP contribution in [0.1, 0.15) is 10.4 Å². The average molecular weight is 313 g/mol. The van der Waals surface area contributed by atoms with Crippen LogP contribution < -0.4 is 0 Å². The van der Waals surface area contributed by atoms with Gasteiger partial charge in [0.1, 0.15) is 5.69 Å². The molecule has 1 aromatic carbocycles. The first kappa shape index (κ1) is 14.5. The van der Waals surface area contributed by atoms with E-state index in [1.54, 1.807) is 29.3 Å². The van der Waals surface area contributed by atoms with Crippen molar-refractivity contribution in [3.63, 3.8) is 0 Å². The fraction of sp³-hybridized carbons (Fsp3) is 0.125. The van der Waals surface area contributed by atoms with Crippen LogP contribution in [-0.2, 0) is 4.84 Å². The molecule has 0 radical (unpaired) electrons. The first-order chi connectivity index (χ1) is 10.7. The van der Waals surface area contributed by atoms with Gasteiger partial charge in [-0.05, 0) is 23.6 Å². The Labute approximate surface area is 132 Å². The van der Waals surface area contributed by atoms with E-state index in [9.17, 15) is 4.79 Å². The van der Waals surface area contributed by atoms with Crippen molar-refractivity contribution in [2.75, 3.05) is 14.2 Å². The van der Waals surface area contributed by atoms with Gasteiger partial charge in [-0.3, -0.25) is 9.63 Å². The van der Waals surface area contributed by atoms with Gasteiger partial charge in [0, 0.05) is 13.2 Å². The molecule has 6 heteroatoms. The second-order valence-electron chi connectivity index (χ2n) is 4.63. The van der Waals surface area contributed by atoms with Crippen LogP contribution in [0.2, 0.25) is 0 Å². The molecule has 0 spiro atoms. The highest BCUT2D eigenvalue weighted by Crippen LogP contribution is 2.28. The normalized spacial score (nSPS) is 10.6. The highest BCUT2D eigenvalue weighted by Gasteiger charge is 2.22. The van der Waals surface area contributed by atoms with Crippen LogP contribution in [0.3, 0.4) is 0 Å². The Morgan fingerprint density at radius 2 is 2.00 bits per heavy atom. The van der Waals surface area contributed by atoms with E-state index in [0.29, 0.717) is 11.3 Å². The molecule has 3 aromatic rings. The van der Waals surface area contributed by atoms with Crippen molar-refractivity contribution in [1.29, 1.82) is 0 Å². The average Bonchev–Trinajstić information content (AvgIpc) is 3.23. The molecule has 22 heavy (non-hydrogen) atoms. The fourth-order valence-corrected chi connectivity index (χ4v) is 2.81. The number of carbonyl (C=O) groups excluding carboxylic acids is 1. The molecule has 0 unspecified atom stereocenters. The Balaban J connectivity index is 2.11. The van der Waals surface area contributed by atoms with Crippen molar-refractivity contribution in [1.82, 2.24) is 14.8 Å². The molecular formula is C16H15N3O2S. The second kappa shape index (κ2) is 6.13. The van der Waals surface area contributed by atoms with Crippen LogP contribution in [0.15, 0.2) is 54.0 Å². The van der Waals surface area contributed by atoms with Gasteiger partial charge in [0.2, 0.25) is 0 Å². The zero-order valence-electron chi connectivity index (χ0n) is 12.3. The van der Waals surface area contributed by atoms with Crippen molar-refractivity contribution in [2.24, 2.45) is 0 Å². The Kier molecular flexibility index (Phi) is 4.04. The van der Waals surface area contributed by atoms with Crippen LogP contribution in [0.5, 0.6) is 0 Å². The van der Waals surface area contributed by atoms with Crippen molar-refractivity contribution in [3.05, 3.63) is 59.6 Å². The Morgan fingerprint density at radius 3 is 2.64 bits per heavy atom. The van der Waals surface area contributed by atoms with Gasteiger partial charge in [-0.15, -0.1) is 11.3 Å². The molecule has 3 rings (SSSR count). The molecule has 112 valence electrons. The molecule has 1 amide bonds. The maximum atomic E-state index is 12.5. The molecule has 0 aliphatic rings. The van der Waals surface area contributed by atoms with Gasteiger partial charge in [-0.1, -0.05) is 24.3 Å². The number of hydroxylamine groups is 2. The molecule has 2 heterocycles. The second-order valence-corrected chi connectivity index (χ2v) is 5.58. The van der Waals surface area contributed by atoms with Gasteiger partial charge in [0.15, 0.2) is 0 Å². The summed E-state index contributed by atoms with van der Waals surface area (Å²) >= 11 is 1.55. The minimum absolute atomic E-state index is 0.229. The SMILES string of the molecule is CON(C)C(=O)c1cn(-c2ccccc2)nc1-c1cccs1. The van der Waals surface area contributed by atoms with Crippen molar-refractivity contribution >= 4 is 17.2 Å². The number of amides is 1. The van der Waals surface area contributed by atoms with Gasteiger partial charge in [0.25, 0.3) is 5.91 Å². The standard InChI is InChI=1S/C16H15N3O2S/c1-18(21-2)16(20)13-11-19(12-7-4-3-5-8-12)17-15(13)14-9-6-10-22-14/h3-11H,1-2H3. The summed E-state index contributed by atoms with van der Waals surface area (Å²) < 4.78 is 1.71. The van der Waals surface area contributed by atoms with E-state index in [4.69, 9.17) is 4.84 Å². The van der Waals surface area contributed by atoms with Crippen LogP contribution in [0.4, 0.5) is 0 Å². The highest BCUT2D eigenvalue weighted by atomic mass is 32.1. The minimum Gasteiger partial charge on any atom is -0.274 e. The quantitative estimate of drug-likeness (QED) is 0.695.